The molecule has 2 heteroatoms. The van der Waals surface area contributed by atoms with Crippen LogP contribution in [0.15, 0.2) is 42.5 Å². The third-order valence-corrected chi connectivity index (χ3v) is 3.58. The van der Waals surface area contributed by atoms with Gasteiger partial charge in [-0.3, -0.25) is 0 Å². The Kier molecular flexibility index (Phi) is 4.38. The Morgan fingerprint density at radius 2 is 1.62 bits per heavy atom. The highest BCUT2D eigenvalue weighted by atomic mass is 16.5. The Morgan fingerprint density at radius 1 is 1.00 bits per heavy atom. The van der Waals surface area contributed by atoms with Crippen molar-refractivity contribution in [3.8, 4) is 11.5 Å². The van der Waals surface area contributed by atoms with Crippen molar-refractivity contribution in [1.29, 1.82) is 0 Å². The van der Waals surface area contributed by atoms with Gasteiger partial charge >= 0.3 is 0 Å². The summed E-state index contributed by atoms with van der Waals surface area (Å²) in [6, 6.07) is 14.4. The van der Waals surface area contributed by atoms with Crippen LogP contribution < -0.4 is 10.5 Å². The zero-order chi connectivity index (χ0) is 15.6. The number of benzene rings is 2. The largest absolute Gasteiger partial charge is 0.457 e. The Balaban J connectivity index is 2.32. The van der Waals surface area contributed by atoms with Crippen LogP contribution in [0.3, 0.4) is 0 Å². The van der Waals surface area contributed by atoms with Gasteiger partial charge in [0.25, 0.3) is 0 Å². The third-order valence-electron chi connectivity index (χ3n) is 3.58. The SMILES string of the molecule is Cc1ccc(C(C)(C)C)c(Oc2ccc([C@H](C)N)cc2)c1. The maximum absolute atomic E-state index is 6.11. The molecular formula is C19H25NO. The van der Waals surface area contributed by atoms with Crippen molar-refractivity contribution in [3.05, 3.63) is 59.2 Å². The molecule has 0 radical (unpaired) electrons. The fourth-order valence-corrected chi connectivity index (χ4v) is 2.30. The van der Waals surface area contributed by atoms with E-state index in [2.05, 4.69) is 45.9 Å². The number of ether oxygens (including phenoxy) is 1. The van der Waals surface area contributed by atoms with Crippen LogP contribution in [-0.4, -0.2) is 0 Å². The molecule has 2 aromatic carbocycles. The van der Waals surface area contributed by atoms with Crippen LogP contribution in [0.1, 0.15) is 50.4 Å². The average Bonchev–Trinajstić information content (AvgIpc) is 2.38. The van der Waals surface area contributed by atoms with Gasteiger partial charge < -0.3 is 10.5 Å². The van der Waals surface area contributed by atoms with Gasteiger partial charge in [0.1, 0.15) is 11.5 Å². The minimum absolute atomic E-state index is 0.0446. The molecule has 0 amide bonds. The number of rotatable bonds is 3. The summed E-state index contributed by atoms with van der Waals surface area (Å²) >= 11 is 0. The monoisotopic (exact) mass is 283 g/mol. The zero-order valence-corrected chi connectivity index (χ0v) is 13.6. The summed E-state index contributed by atoms with van der Waals surface area (Å²) in [4.78, 5) is 0. The fraction of sp³-hybridized carbons (Fsp3) is 0.368. The summed E-state index contributed by atoms with van der Waals surface area (Å²) < 4.78 is 6.11. The van der Waals surface area contributed by atoms with Crippen LogP contribution in [0.4, 0.5) is 0 Å². The minimum Gasteiger partial charge on any atom is -0.457 e. The topological polar surface area (TPSA) is 35.2 Å². The summed E-state index contributed by atoms with van der Waals surface area (Å²) in [6.07, 6.45) is 0. The van der Waals surface area contributed by atoms with Crippen molar-refractivity contribution in [1.82, 2.24) is 0 Å². The van der Waals surface area contributed by atoms with Crippen molar-refractivity contribution >= 4 is 0 Å². The molecule has 21 heavy (non-hydrogen) atoms. The van der Waals surface area contributed by atoms with E-state index in [1.54, 1.807) is 0 Å². The lowest BCUT2D eigenvalue weighted by atomic mass is 9.86. The van der Waals surface area contributed by atoms with Crippen molar-refractivity contribution < 1.29 is 4.74 Å². The molecule has 0 aliphatic heterocycles. The molecular weight excluding hydrogens is 258 g/mol. The van der Waals surface area contributed by atoms with Gasteiger partial charge in [0, 0.05) is 11.6 Å². The van der Waals surface area contributed by atoms with Crippen LogP contribution in [-0.2, 0) is 5.41 Å². The van der Waals surface area contributed by atoms with E-state index in [4.69, 9.17) is 10.5 Å². The molecule has 0 spiro atoms. The minimum atomic E-state index is 0.0446. The number of hydrogen-bond acceptors (Lipinski definition) is 2. The number of aryl methyl sites for hydroxylation is 1. The quantitative estimate of drug-likeness (QED) is 0.850. The van der Waals surface area contributed by atoms with E-state index in [1.165, 1.54) is 11.1 Å². The summed E-state index contributed by atoms with van der Waals surface area (Å²) in [5, 5.41) is 0. The molecule has 0 unspecified atom stereocenters. The molecule has 2 N–H and O–H groups in total. The van der Waals surface area contributed by atoms with Gasteiger partial charge in [-0.1, -0.05) is 45.0 Å². The van der Waals surface area contributed by atoms with E-state index in [1.807, 2.05) is 31.2 Å². The normalized spacial score (nSPS) is 13.0. The molecule has 0 aromatic heterocycles. The maximum atomic E-state index is 6.11. The maximum Gasteiger partial charge on any atom is 0.131 e. The van der Waals surface area contributed by atoms with Crippen molar-refractivity contribution in [3.63, 3.8) is 0 Å². The number of hydrogen-bond donors (Lipinski definition) is 1. The molecule has 2 nitrogen and oxygen atoms in total. The summed E-state index contributed by atoms with van der Waals surface area (Å²) in [5.41, 5.74) is 9.45. The lowest BCUT2D eigenvalue weighted by molar-refractivity contribution is 0.454. The van der Waals surface area contributed by atoms with Gasteiger partial charge in [0.15, 0.2) is 0 Å². The van der Waals surface area contributed by atoms with Crippen LogP contribution >= 0.6 is 0 Å². The second kappa shape index (κ2) is 5.90. The van der Waals surface area contributed by atoms with E-state index in [-0.39, 0.29) is 11.5 Å². The van der Waals surface area contributed by atoms with E-state index in [0.717, 1.165) is 17.1 Å². The average molecular weight is 283 g/mol. The second-order valence-corrected chi connectivity index (χ2v) is 6.71. The van der Waals surface area contributed by atoms with Gasteiger partial charge in [-0.25, -0.2) is 0 Å². The first-order chi connectivity index (χ1) is 9.77. The van der Waals surface area contributed by atoms with Crippen molar-refractivity contribution in [2.75, 3.05) is 0 Å². The molecule has 0 heterocycles. The fourth-order valence-electron chi connectivity index (χ4n) is 2.30. The van der Waals surface area contributed by atoms with Gasteiger partial charge in [0.2, 0.25) is 0 Å². The predicted molar refractivity (Wildman–Crippen MR) is 89.0 cm³/mol. The lowest BCUT2D eigenvalue weighted by Crippen LogP contribution is -2.12. The van der Waals surface area contributed by atoms with Gasteiger partial charge in [-0.05, 0) is 48.6 Å². The zero-order valence-electron chi connectivity index (χ0n) is 13.6. The van der Waals surface area contributed by atoms with Crippen LogP contribution in [0.25, 0.3) is 0 Å². The Hall–Kier alpha value is -1.80. The highest BCUT2D eigenvalue weighted by molar-refractivity contribution is 5.44. The number of nitrogens with two attached hydrogens (primary N) is 1. The Bertz CT molecular complexity index is 606. The van der Waals surface area contributed by atoms with Crippen LogP contribution in [0.5, 0.6) is 11.5 Å². The van der Waals surface area contributed by atoms with E-state index in [9.17, 15) is 0 Å². The summed E-state index contributed by atoms with van der Waals surface area (Å²) in [5.74, 6) is 1.77. The van der Waals surface area contributed by atoms with Crippen LogP contribution in [0, 0.1) is 6.92 Å². The molecule has 112 valence electrons. The molecule has 2 rings (SSSR count). The smallest absolute Gasteiger partial charge is 0.131 e. The highest BCUT2D eigenvalue weighted by Gasteiger charge is 2.19. The van der Waals surface area contributed by atoms with Crippen molar-refractivity contribution in [2.45, 2.75) is 46.1 Å². The molecule has 0 aliphatic carbocycles. The molecule has 0 aliphatic rings. The second-order valence-electron chi connectivity index (χ2n) is 6.71. The summed E-state index contributed by atoms with van der Waals surface area (Å²) in [7, 11) is 0. The van der Waals surface area contributed by atoms with Gasteiger partial charge in [-0.2, -0.15) is 0 Å². The first-order valence-electron chi connectivity index (χ1n) is 7.42. The lowest BCUT2D eigenvalue weighted by Gasteiger charge is -2.23. The Morgan fingerprint density at radius 3 is 2.14 bits per heavy atom. The molecule has 0 saturated heterocycles. The third kappa shape index (κ3) is 3.85. The standard InChI is InChI=1S/C19H25NO/c1-13-6-11-17(19(3,4)5)18(12-13)21-16-9-7-15(8-10-16)14(2)20/h6-12,14H,20H2,1-5H3/t14-/m0/s1. The van der Waals surface area contributed by atoms with Crippen molar-refractivity contribution in [2.24, 2.45) is 5.73 Å². The molecule has 0 bridgehead atoms. The predicted octanol–water partition coefficient (Wildman–Crippen LogP) is 5.10. The highest BCUT2D eigenvalue weighted by Crippen LogP contribution is 2.35. The first kappa shape index (κ1) is 15.6. The molecule has 0 fully saturated rings. The van der Waals surface area contributed by atoms with E-state index < -0.39 is 0 Å². The molecule has 0 saturated carbocycles. The first-order valence-corrected chi connectivity index (χ1v) is 7.42. The molecule has 2 aromatic rings. The van der Waals surface area contributed by atoms with Crippen LogP contribution in [0.2, 0.25) is 0 Å². The Labute approximate surface area is 127 Å². The van der Waals surface area contributed by atoms with E-state index >= 15 is 0 Å². The van der Waals surface area contributed by atoms with Gasteiger partial charge in [0.05, 0.1) is 0 Å². The molecule has 1 atom stereocenters. The summed E-state index contributed by atoms with van der Waals surface area (Å²) in [6.45, 7) is 10.7. The van der Waals surface area contributed by atoms with Gasteiger partial charge in [-0.15, -0.1) is 0 Å². The van der Waals surface area contributed by atoms with E-state index in [0.29, 0.717) is 0 Å².